The summed E-state index contributed by atoms with van der Waals surface area (Å²) in [4.78, 5) is 6.40. The first-order valence-corrected chi connectivity index (χ1v) is 5.84. The van der Waals surface area contributed by atoms with Crippen LogP contribution in [-0.2, 0) is 0 Å². The number of rotatable bonds is 2. The molecular formula is C13H15FN2. The van der Waals surface area contributed by atoms with Crippen LogP contribution in [-0.4, -0.2) is 29.0 Å². The lowest BCUT2D eigenvalue weighted by atomic mass is 9.96. The molecule has 1 aromatic heterocycles. The monoisotopic (exact) mass is 218 g/mol. The molecule has 1 saturated heterocycles. The van der Waals surface area contributed by atoms with Crippen molar-refractivity contribution in [2.75, 3.05) is 13.1 Å². The summed E-state index contributed by atoms with van der Waals surface area (Å²) in [7, 11) is 0. The first-order chi connectivity index (χ1) is 7.78. The van der Waals surface area contributed by atoms with Crippen molar-refractivity contribution in [3.63, 3.8) is 0 Å². The summed E-state index contributed by atoms with van der Waals surface area (Å²) < 4.78 is 13.1. The standard InChI is InChI=1S/C13H15FN2/c1-2-16-8-10-4-12(16)5-13(10)9-3-11(14)7-15-6-9/h3,5-7,10,12H,2,4,8H2,1H3. The van der Waals surface area contributed by atoms with Gasteiger partial charge in [-0.2, -0.15) is 0 Å². The third-order valence-electron chi connectivity index (χ3n) is 3.71. The quantitative estimate of drug-likeness (QED) is 0.757. The predicted molar refractivity (Wildman–Crippen MR) is 61.3 cm³/mol. The van der Waals surface area contributed by atoms with Gasteiger partial charge in [0.2, 0.25) is 0 Å². The Hall–Kier alpha value is -1.22. The number of pyridine rings is 1. The molecule has 2 unspecified atom stereocenters. The molecule has 3 rings (SSSR count). The predicted octanol–water partition coefficient (Wildman–Crippen LogP) is 2.33. The van der Waals surface area contributed by atoms with E-state index >= 15 is 0 Å². The zero-order valence-electron chi connectivity index (χ0n) is 9.36. The highest BCUT2D eigenvalue weighted by Gasteiger charge is 2.38. The Morgan fingerprint density at radius 3 is 3.00 bits per heavy atom. The number of aromatic nitrogens is 1. The van der Waals surface area contributed by atoms with Crippen LogP contribution in [0.3, 0.4) is 0 Å². The fraction of sp³-hybridized carbons (Fsp3) is 0.462. The van der Waals surface area contributed by atoms with Crippen LogP contribution in [0.15, 0.2) is 24.5 Å². The maximum Gasteiger partial charge on any atom is 0.142 e. The van der Waals surface area contributed by atoms with Crippen LogP contribution >= 0.6 is 0 Å². The molecule has 2 bridgehead atoms. The molecule has 0 spiro atoms. The summed E-state index contributed by atoms with van der Waals surface area (Å²) in [5.41, 5.74) is 2.25. The highest BCUT2D eigenvalue weighted by molar-refractivity contribution is 5.71. The first-order valence-electron chi connectivity index (χ1n) is 5.84. The Morgan fingerprint density at radius 1 is 1.50 bits per heavy atom. The Morgan fingerprint density at radius 2 is 2.38 bits per heavy atom. The molecular weight excluding hydrogens is 203 g/mol. The molecule has 2 atom stereocenters. The van der Waals surface area contributed by atoms with Crippen molar-refractivity contribution in [1.82, 2.24) is 9.88 Å². The van der Waals surface area contributed by atoms with Gasteiger partial charge >= 0.3 is 0 Å². The van der Waals surface area contributed by atoms with Gasteiger partial charge in [-0.05, 0) is 36.1 Å². The maximum atomic E-state index is 13.1. The smallest absolute Gasteiger partial charge is 0.142 e. The maximum absolute atomic E-state index is 13.1. The van der Waals surface area contributed by atoms with E-state index in [9.17, 15) is 4.39 Å². The molecule has 1 fully saturated rings. The number of hydrogen-bond acceptors (Lipinski definition) is 2. The van der Waals surface area contributed by atoms with Gasteiger partial charge in [0.1, 0.15) is 5.82 Å². The van der Waals surface area contributed by atoms with E-state index in [1.165, 1.54) is 18.2 Å². The van der Waals surface area contributed by atoms with Crippen LogP contribution in [0.2, 0.25) is 0 Å². The van der Waals surface area contributed by atoms with Crippen molar-refractivity contribution in [1.29, 1.82) is 0 Å². The second-order valence-electron chi connectivity index (χ2n) is 4.60. The molecule has 0 saturated carbocycles. The number of halogens is 1. The molecule has 1 aliphatic carbocycles. The Kier molecular flexibility index (Phi) is 2.28. The average molecular weight is 218 g/mol. The summed E-state index contributed by atoms with van der Waals surface area (Å²) in [6, 6.07) is 2.16. The number of likely N-dealkylation sites (N-methyl/N-ethyl adjacent to an activating group) is 1. The number of hydrogen-bond donors (Lipinski definition) is 0. The summed E-state index contributed by atoms with van der Waals surface area (Å²) in [6.07, 6.45) is 6.51. The van der Waals surface area contributed by atoms with E-state index in [1.807, 2.05) is 0 Å². The van der Waals surface area contributed by atoms with E-state index in [0.717, 1.165) is 18.7 Å². The van der Waals surface area contributed by atoms with Gasteiger partial charge in [0.15, 0.2) is 0 Å². The van der Waals surface area contributed by atoms with Gasteiger partial charge in [-0.1, -0.05) is 13.0 Å². The van der Waals surface area contributed by atoms with Gasteiger partial charge in [0.05, 0.1) is 6.20 Å². The van der Waals surface area contributed by atoms with Crippen LogP contribution in [0.5, 0.6) is 0 Å². The van der Waals surface area contributed by atoms with E-state index in [-0.39, 0.29) is 5.82 Å². The third-order valence-corrected chi connectivity index (χ3v) is 3.71. The highest BCUT2D eigenvalue weighted by atomic mass is 19.1. The lowest BCUT2D eigenvalue weighted by Gasteiger charge is -2.24. The van der Waals surface area contributed by atoms with E-state index in [1.54, 1.807) is 12.3 Å². The fourth-order valence-corrected chi connectivity index (χ4v) is 2.94. The van der Waals surface area contributed by atoms with Crippen LogP contribution in [0, 0.1) is 11.7 Å². The minimum absolute atomic E-state index is 0.242. The Bertz CT molecular complexity index is 441. The first kappa shape index (κ1) is 9.97. The SMILES string of the molecule is CCN1CC2CC1C=C2c1cncc(F)c1. The molecule has 2 nitrogen and oxygen atoms in total. The van der Waals surface area contributed by atoms with Crippen molar-refractivity contribution in [2.45, 2.75) is 19.4 Å². The third kappa shape index (κ3) is 1.47. The van der Waals surface area contributed by atoms with Crippen molar-refractivity contribution in [2.24, 2.45) is 5.92 Å². The van der Waals surface area contributed by atoms with Gasteiger partial charge in [0.25, 0.3) is 0 Å². The molecule has 0 N–H and O–H groups in total. The molecule has 0 amide bonds. The molecule has 0 aromatic carbocycles. The van der Waals surface area contributed by atoms with Crippen LogP contribution < -0.4 is 0 Å². The zero-order valence-corrected chi connectivity index (χ0v) is 9.36. The van der Waals surface area contributed by atoms with Gasteiger partial charge < -0.3 is 0 Å². The van der Waals surface area contributed by atoms with Crippen molar-refractivity contribution >= 4 is 5.57 Å². The molecule has 2 aliphatic rings. The van der Waals surface area contributed by atoms with Gasteiger partial charge in [0, 0.05) is 18.8 Å². The number of fused-ring (bicyclic) bond motifs is 2. The lowest BCUT2D eigenvalue weighted by molar-refractivity contribution is 0.297. The minimum Gasteiger partial charge on any atom is -0.297 e. The van der Waals surface area contributed by atoms with Crippen molar-refractivity contribution < 1.29 is 4.39 Å². The second-order valence-corrected chi connectivity index (χ2v) is 4.60. The van der Waals surface area contributed by atoms with Gasteiger partial charge in [-0.15, -0.1) is 0 Å². The van der Waals surface area contributed by atoms with Crippen LogP contribution in [0.1, 0.15) is 18.9 Å². The minimum atomic E-state index is -0.242. The lowest BCUT2D eigenvalue weighted by Crippen LogP contribution is -2.30. The second kappa shape index (κ2) is 3.67. The van der Waals surface area contributed by atoms with E-state index in [4.69, 9.17) is 0 Å². The normalized spacial score (nSPS) is 28.5. The summed E-state index contributed by atoms with van der Waals surface area (Å²) in [5.74, 6) is 0.335. The summed E-state index contributed by atoms with van der Waals surface area (Å²) in [6.45, 7) is 4.41. The molecule has 1 aliphatic heterocycles. The highest BCUT2D eigenvalue weighted by Crippen LogP contribution is 2.41. The number of likely N-dealkylation sites (tertiary alicyclic amines) is 1. The Labute approximate surface area is 94.8 Å². The largest absolute Gasteiger partial charge is 0.297 e. The average Bonchev–Trinajstić information content (AvgIpc) is 2.87. The van der Waals surface area contributed by atoms with E-state index in [0.29, 0.717) is 12.0 Å². The molecule has 16 heavy (non-hydrogen) atoms. The molecule has 3 heteroatoms. The summed E-state index contributed by atoms with van der Waals surface area (Å²) in [5, 5.41) is 0. The van der Waals surface area contributed by atoms with E-state index < -0.39 is 0 Å². The molecule has 0 radical (unpaired) electrons. The Balaban J connectivity index is 1.91. The van der Waals surface area contributed by atoms with Gasteiger partial charge in [-0.25, -0.2) is 4.39 Å². The summed E-state index contributed by atoms with van der Waals surface area (Å²) >= 11 is 0. The zero-order chi connectivity index (χ0) is 11.1. The molecule has 1 aromatic rings. The van der Waals surface area contributed by atoms with Crippen molar-refractivity contribution in [3.8, 4) is 0 Å². The fourth-order valence-electron chi connectivity index (χ4n) is 2.94. The molecule has 84 valence electrons. The topological polar surface area (TPSA) is 16.1 Å². The molecule has 2 heterocycles. The van der Waals surface area contributed by atoms with Crippen LogP contribution in [0.25, 0.3) is 5.57 Å². The van der Waals surface area contributed by atoms with Crippen LogP contribution in [0.4, 0.5) is 4.39 Å². The van der Waals surface area contributed by atoms with Gasteiger partial charge in [-0.3, -0.25) is 9.88 Å². The van der Waals surface area contributed by atoms with E-state index in [2.05, 4.69) is 22.9 Å². The van der Waals surface area contributed by atoms with Crippen molar-refractivity contribution in [3.05, 3.63) is 35.9 Å². The number of nitrogens with zero attached hydrogens (tertiary/aromatic N) is 2.